The third kappa shape index (κ3) is 3.73. The number of carbonyl (C=O) groups is 1. The summed E-state index contributed by atoms with van der Waals surface area (Å²) in [6.45, 7) is 6.19. The van der Waals surface area contributed by atoms with Gasteiger partial charge in [-0.1, -0.05) is 25.1 Å². The molecule has 0 spiro atoms. The third-order valence-corrected chi connectivity index (χ3v) is 3.75. The van der Waals surface area contributed by atoms with Crippen LogP contribution in [-0.4, -0.2) is 42.6 Å². The highest BCUT2D eigenvalue weighted by atomic mass is 16.5. The summed E-state index contributed by atoms with van der Waals surface area (Å²) in [5.74, 6) is -0.0876. The first-order chi connectivity index (χ1) is 9.74. The lowest BCUT2D eigenvalue weighted by atomic mass is 10.2. The number of likely N-dealkylation sites (tertiary alicyclic amines) is 1. The van der Waals surface area contributed by atoms with Crippen molar-refractivity contribution in [2.24, 2.45) is 0 Å². The van der Waals surface area contributed by atoms with E-state index < -0.39 is 0 Å². The molecule has 0 aromatic heterocycles. The Morgan fingerprint density at radius 1 is 1.40 bits per heavy atom. The van der Waals surface area contributed by atoms with Crippen LogP contribution in [0.2, 0.25) is 0 Å². The zero-order valence-electron chi connectivity index (χ0n) is 12.3. The Labute approximate surface area is 121 Å². The number of hydrogen-bond acceptors (Lipinski definition) is 4. The van der Waals surface area contributed by atoms with E-state index in [9.17, 15) is 4.79 Å². The quantitative estimate of drug-likeness (QED) is 0.811. The summed E-state index contributed by atoms with van der Waals surface area (Å²) >= 11 is 0. The van der Waals surface area contributed by atoms with Crippen LogP contribution in [-0.2, 0) is 9.53 Å². The second kappa shape index (κ2) is 7.29. The monoisotopic (exact) mass is 276 g/mol. The van der Waals surface area contributed by atoms with E-state index in [0.717, 1.165) is 31.6 Å². The normalized spacial score (nSPS) is 20.6. The summed E-state index contributed by atoms with van der Waals surface area (Å²) in [7, 11) is 0. The van der Waals surface area contributed by atoms with Crippen LogP contribution in [0.25, 0.3) is 0 Å². The van der Waals surface area contributed by atoms with E-state index in [0.29, 0.717) is 12.6 Å². The number of para-hydroxylation sites is 1. The topological polar surface area (TPSA) is 41.6 Å². The van der Waals surface area contributed by atoms with Gasteiger partial charge in [0.05, 0.1) is 6.61 Å². The Bertz CT molecular complexity index is 422. The van der Waals surface area contributed by atoms with Gasteiger partial charge in [-0.3, -0.25) is 9.69 Å². The van der Waals surface area contributed by atoms with E-state index in [2.05, 4.69) is 22.3 Å². The van der Waals surface area contributed by atoms with Gasteiger partial charge in [0.15, 0.2) is 0 Å². The van der Waals surface area contributed by atoms with Crippen LogP contribution in [0.15, 0.2) is 30.3 Å². The Balaban J connectivity index is 1.89. The molecule has 0 radical (unpaired) electrons. The first-order valence-electron chi connectivity index (χ1n) is 7.46. The SMILES string of the molecule is CCOC(=O)C(CC)N1CCC(Nc2ccccc2)C1. The number of carbonyl (C=O) groups excluding carboxylic acids is 1. The average Bonchev–Trinajstić information content (AvgIpc) is 2.89. The van der Waals surface area contributed by atoms with Gasteiger partial charge in [-0.05, 0) is 31.9 Å². The largest absolute Gasteiger partial charge is 0.465 e. The van der Waals surface area contributed by atoms with E-state index in [1.807, 2.05) is 32.0 Å². The van der Waals surface area contributed by atoms with E-state index >= 15 is 0 Å². The van der Waals surface area contributed by atoms with Crippen LogP contribution in [0.4, 0.5) is 5.69 Å². The Hall–Kier alpha value is -1.55. The van der Waals surface area contributed by atoms with Gasteiger partial charge in [0.25, 0.3) is 0 Å². The molecular weight excluding hydrogens is 252 g/mol. The maximum absolute atomic E-state index is 11.9. The predicted octanol–water partition coefficient (Wildman–Crippen LogP) is 2.51. The third-order valence-electron chi connectivity index (χ3n) is 3.75. The smallest absolute Gasteiger partial charge is 0.323 e. The minimum atomic E-state index is -0.0995. The van der Waals surface area contributed by atoms with Crippen molar-refractivity contribution in [2.75, 3.05) is 25.0 Å². The number of anilines is 1. The van der Waals surface area contributed by atoms with Crippen LogP contribution in [0, 0.1) is 0 Å². The van der Waals surface area contributed by atoms with Crippen LogP contribution in [0.1, 0.15) is 26.7 Å². The van der Waals surface area contributed by atoms with Crippen molar-refractivity contribution in [2.45, 2.75) is 38.8 Å². The lowest BCUT2D eigenvalue weighted by Gasteiger charge is -2.25. The van der Waals surface area contributed by atoms with Crippen molar-refractivity contribution >= 4 is 11.7 Å². The molecule has 20 heavy (non-hydrogen) atoms. The molecule has 1 aliphatic heterocycles. The molecule has 1 saturated heterocycles. The number of esters is 1. The summed E-state index contributed by atoms with van der Waals surface area (Å²) in [5, 5.41) is 3.53. The van der Waals surface area contributed by atoms with Gasteiger partial charge in [0.2, 0.25) is 0 Å². The second-order valence-corrected chi connectivity index (χ2v) is 5.17. The fraction of sp³-hybridized carbons (Fsp3) is 0.562. The summed E-state index contributed by atoms with van der Waals surface area (Å²) in [5.41, 5.74) is 1.14. The molecule has 1 aromatic rings. The second-order valence-electron chi connectivity index (χ2n) is 5.17. The van der Waals surface area contributed by atoms with Crippen LogP contribution >= 0.6 is 0 Å². The summed E-state index contributed by atoms with van der Waals surface area (Å²) in [6.07, 6.45) is 1.86. The first-order valence-corrected chi connectivity index (χ1v) is 7.46. The zero-order chi connectivity index (χ0) is 14.4. The summed E-state index contributed by atoms with van der Waals surface area (Å²) in [6, 6.07) is 10.5. The minimum absolute atomic E-state index is 0.0876. The van der Waals surface area contributed by atoms with Crippen molar-refractivity contribution in [1.29, 1.82) is 0 Å². The number of ether oxygens (including phenoxy) is 1. The first kappa shape index (κ1) is 14.9. The maximum Gasteiger partial charge on any atom is 0.323 e. The molecule has 2 unspecified atom stereocenters. The summed E-state index contributed by atoms with van der Waals surface area (Å²) in [4.78, 5) is 14.2. The van der Waals surface area contributed by atoms with Gasteiger partial charge in [-0.25, -0.2) is 0 Å². The molecule has 4 heteroatoms. The molecule has 0 amide bonds. The number of hydrogen-bond donors (Lipinski definition) is 1. The highest BCUT2D eigenvalue weighted by Gasteiger charge is 2.32. The highest BCUT2D eigenvalue weighted by molar-refractivity contribution is 5.75. The maximum atomic E-state index is 11.9. The highest BCUT2D eigenvalue weighted by Crippen LogP contribution is 2.19. The van der Waals surface area contributed by atoms with Crippen molar-refractivity contribution < 1.29 is 9.53 Å². The van der Waals surface area contributed by atoms with E-state index in [1.54, 1.807) is 0 Å². The van der Waals surface area contributed by atoms with Gasteiger partial charge in [-0.15, -0.1) is 0 Å². The number of nitrogens with zero attached hydrogens (tertiary/aromatic N) is 1. The van der Waals surface area contributed by atoms with Crippen LogP contribution < -0.4 is 5.32 Å². The van der Waals surface area contributed by atoms with Crippen molar-refractivity contribution in [3.63, 3.8) is 0 Å². The number of rotatable bonds is 6. The molecule has 1 aromatic carbocycles. The molecule has 0 bridgehead atoms. The Kier molecular flexibility index (Phi) is 5.41. The number of benzene rings is 1. The predicted molar refractivity (Wildman–Crippen MR) is 80.8 cm³/mol. The van der Waals surface area contributed by atoms with Gasteiger partial charge < -0.3 is 10.1 Å². The molecule has 1 heterocycles. The van der Waals surface area contributed by atoms with Crippen LogP contribution in [0.5, 0.6) is 0 Å². The summed E-state index contributed by atoms with van der Waals surface area (Å²) < 4.78 is 5.16. The molecule has 1 N–H and O–H groups in total. The molecule has 2 atom stereocenters. The minimum Gasteiger partial charge on any atom is -0.465 e. The van der Waals surface area contributed by atoms with Crippen molar-refractivity contribution in [3.05, 3.63) is 30.3 Å². The lowest BCUT2D eigenvalue weighted by Crippen LogP contribution is -2.41. The molecular formula is C16H24N2O2. The van der Waals surface area contributed by atoms with Gasteiger partial charge >= 0.3 is 5.97 Å². The van der Waals surface area contributed by atoms with E-state index in [1.165, 1.54) is 0 Å². The Morgan fingerprint density at radius 3 is 2.80 bits per heavy atom. The fourth-order valence-corrected chi connectivity index (χ4v) is 2.77. The molecule has 1 fully saturated rings. The van der Waals surface area contributed by atoms with E-state index in [-0.39, 0.29) is 12.0 Å². The van der Waals surface area contributed by atoms with Crippen molar-refractivity contribution in [1.82, 2.24) is 4.90 Å². The molecule has 4 nitrogen and oxygen atoms in total. The van der Waals surface area contributed by atoms with Gasteiger partial charge in [0.1, 0.15) is 6.04 Å². The zero-order valence-corrected chi connectivity index (χ0v) is 12.3. The van der Waals surface area contributed by atoms with Gasteiger partial charge in [-0.2, -0.15) is 0 Å². The molecule has 0 saturated carbocycles. The lowest BCUT2D eigenvalue weighted by molar-refractivity contribution is -0.149. The molecule has 0 aliphatic carbocycles. The number of nitrogens with one attached hydrogen (secondary N) is 1. The molecule has 110 valence electrons. The molecule has 2 rings (SSSR count). The van der Waals surface area contributed by atoms with Crippen molar-refractivity contribution in [3.8, 4) is 0 Å². The van der Waals surface area contributed by atoms with Crippen LogP contribution in [0.3, 0.4) is 0 Å². The standard InChI is InChI=1S/C16H24N2O2/c1-3-15(16(19)20-4-2)18-11-10-14(12-18)17-13-8-6-5-7-9-13/h5-9,14-15,17H,3-4,10-12H2,1-2H3. The average molecular weight is 276 g/mol. The molecule has 1 aliphatic rings. The Morgan fingerprint density at radius 2 is 2.15 bits per heavy atom. The fourth-order valence-electron chi connectivity index (χ4n) is 2.77. The van der Waals surface area contributed by atoms with E-state index in [4.69, 9.17) is 4.74 Å². The van der Waals surface area contributed by atoms with Gasteiger partial charge in [0, 0.05) is 24.8 Å².